The Bertz CT molecular complexity index is 1130. The van der Waals surface area contributed by atoms with Gasteiger partial charge >= 0.3 is 0 Å². The number of hydrogen-bond acceptors (Lipinski definition) is 4. The molecule has 1 N–H and O–H groups in total. The number of hydrogen-bond donors (Lipinski definition) is 1. The van der Waals surface area contributed by atoms with Gasteiger partial charge in [0.2, 0.25) is 0 Å². The summed E-state index contributed by atoms with van der Waals surface area (Å²) < 4.78 is 14.1. The minimum atomic E-state index is -0.248. The zero-order valence-electron chi connectivity index (χ0n) is 16.3. The molecule has 0 amide bonds. The van der Waals surface area contributed by atoms with Crippen LogP contribution in [0.5, 0.6) is 0 Å². The Morgan fingerprint density at radius 1 is 1.07 bits per heavy atom. The molecule has 2 aromatic heterocycles. The minimum absolute atomic E-state index is 0.192. The SMILES string of the molecule is C[C@H](c1nnc(-c2ccccc2F)s1)N1CCC(c2c[nH]c3ccccc23)CC1. The fraction of sp³-hybridized carbons (Fsp3) is 0.304. The normalized spacial score (nSPS) is 17.0. The number of H-pyrrole nitrogens is 1. The van der Waals surface area contributed by atoms with Gasteiger partial charge in [-0.15, -0.1) is 10.2 Å². The number of halogens is 1. The lowest BCUT2D eigenvalue weighted by molar-refractivity contribution is 0.162. The van der Waals surface area contributed by atoms with Crippen molar-refractivity contribution in [2.45, 2.75) is 31.7 Å². The summed E-state index contributed by atoms with van der Waals surface area (Å²) in [5.74, 6) is 0.334. The zero-order chi connectivity index (χ0) is 19.8. The van der Waals surface area contributed by atoms with E-state index in [0.717, 1.165) is 30.9 Å². The molecule has 4 aromatic rings. The van der Waals surface area contributed by atoms with Crippen molar-refractivity contribution in [1.29, 1.82) is 0 Å². The fourth-order valence-electron chi connectivity index (χ4n) is 4.33. The van der Waals surface area contributed by atoms with E-state index in [2.05, 4.69) is 57.5 Å². The Morgan fingerprint density at radius 3 is 2.66 bits per heavy atom. The summed E-state index contributed by atoms with van der Waals surface area (Å²) in [6.45, 7) is 4.23. The van der Waals surface area contributed by atoms with Crippen LogP contribution in [0.25, 0.3) is 21.5 Å². The summed E-state index contributed by atoms with van der Waals surface area (Å²) in [7, 11) is 0. The first-order chi connectivity index (χ1) is 14.2. The second-order valence-corrected chi connectivity index (χ2v) is 8.71. The van der Waals surface area contributed by atoms with Gasteiger partial charge in [-0.25, -0.2) is 4.39 Å². The van der Waals surface area contributed by atoms with Gasteiger partial charge in [0.15, 0.2) is 5.01 Å². The molecular weight excluding hydrogens is 383 g/mol. The third kappa shape index (κ3) is 3.47. The van der Waals surface area contributed by atoms with Gasteiger partial charge in [0.1, 0.15) is 10.8 Å². The molecule has 5 rings (SSSR count). The minimum Gasteiger partial charge on any atom is -0.361 e. The van der Waals surface area contributed by atoms with Crippen LogP contribution in [0.3, 0.4) is 0 Å². The molecule has 0 aliphatic carbocycles. The lowest BCUT2D eigenvalue weighted by Crippen LogP contribution is -2.35. The number of nitrogens with zero attached hydrogens (tertiary/aromatic N) is 3. The largest absolute Gasteiger partial charge is 0.361 e. The molecule has 3 heterocycles. The van der Waals surface area contributed by atoms with Crippen molar-refractivity contribution in [3.63, 3.8) is 0 Å². The molecule has 4 nitrogen and oxygen atoms in total. The Kier molecular flexibility index (Phi) is 4.89. The van der Waals surface area contributed by atoms with Crippen LogP contribution >= 0.6 is 11.3 Å². The molecule has 1 saturated heterocycles. The summed E-state index contributed by atoms with van der Waals surface area (Å²) in [5.41, 5.74) is 3.18. The first kappa shape index (κ1) is 18.5. The maximum atomic E-state index is 14.1. The first-order valence-electron chi connectivity index (χ1n) is 10.1. The molecule has 0 radical (unpaired) electrons. The molecule has 1 atom stereocenters. The second kappa shape index (κ2) is 7.69. The van der Waals surface area contributed by atoms with E-state index in [1.807, 2.05) is 6.07 Å². The van der Waals surface area contributed by atoms with E-state index in [-0.39, 0.29) is 11.9 Å². The molecule has 0 saturated carbocycles. The molecule has 2 aromatic carbocycles. The number of benzene rings is 2. The second-order valence-electron chi connectivity index (χ2n) is 7.70. The standard InChI is InChI=1S/C23H23FN4S/c1-15(22-26-27-23(29-22)18-7-2-4-8-20(18)24)28-12-10-16(11-13-28)19-14-25-21-9-5-3-6-17(19)21/h2-9,14-16,25H,10-13H2,1H3/t15-/m1/s1. The van der Waals surface area contributed by atoms with Crippen LogP contribution < -0.4 is 0 Å². The third-order valence-corrected chi connectivity index (χ3v) is 7.17. The summed E-state index contributed by atoms with van der Waals surface area (Å²) in [5, 5.41) is 11.6. The molecule has 29 heavy (non-hydrogen) atoms. The maximum absolute atomic E-state index is 14.1. The number of fused-ring (bicyclic) bond motifs is 1. The molecular formula is C23H23FN4S. The van der Waals surface area contributed by atoms with E-state index >= 15 is 0 Å². The van der Waals surface area contributed by atoms with Crippen LogP contribution in [0.1, 0.15) is 42.3 Å². The highest BCUT2D eigenvalue weighted by molar-refractivity contribution is 7.14. The van der Waals surface area contributed by atoms with Crippen LogP contribution in [0.4, 0.5) is 4.39 Å². The van der Waals surface area contributed by atoms with Crippen LogP contribution in [0.2, 0.25) is 0 Å². The number of nitrogens with one attached hydrogen (secondary N) is 1. The topological polar surface area (TPSA) is 44.8 Å². The van der Waals surface area contributed by atoms with Crippen LogP contribution in [-0.2, 0) is 0 Å². The van der Waals surface area contributed by atoms with E-state index in [0.29, 0.717) is 16.5 Å². The molecule has 0 unspecified atom stereocenters. The predicted molar refractivity (Wildman–Crippen MR) is 116 cm³/mol. The maximum Gasteiger partial charge on any atom is 0.150 e. The lowest BCUT2D eigenvalue weighted by atomic mass is 9.89. The smallest absolute Gasteiger partial charge is 0.150 e. The van der Waals surface area contributed by atoms with Crippen molar-refractivity contribution in [2.75, 3.05) is 13.1 Å². The number of likely N-dealkylation sites (tertiary alicyclic amines) is 1. The molecule has 1 fully saturated rings. The monoisotopic (exact) mass is 406 g/mol. The average molecular weight is 407 g/mol. The van der Waals surface area contributed by atoms with Gasteiger partial charge in [0, 0.05) is 22.7 Å². The quantitative estimate of drug-likeness (QED) is 0.468. The number of para-hydroxylation sites is 1. The number of rotatable bonds is 4. The van der Waals surface area contributed by atoms with Crippen molar-refractivity contribution in [3.8, 4) is 10.6 Å². The third-order valence-electron chi connectivity index (χ3n) is 6.04. The fourth-order valence-corrected chi connectivity index (χ4v) is 5.29. The van der Waals surface area contributed by atoms with Crippen LogP contribution in [0, 0.1) is 5.82 Å². The number of aromatic nitrogens is 3. The molecule has 1 aliphatic heterocycles. The highest BCUT2D eigenvalue weighted by Gasteiger charge is 2.27. The summed E-state index contributed by atoms with van der Waals surface area (Å²) in [6, 6.07) is 15.5. The van der Waals surface area contributed by atoms with E-state index in [9.17, 15) is 4.39 Å². The summed E-state index contributed by atoms with van der Waals surface area (Å²) in [6.07, 6.45) is 4.44. The molecule has 6 heteroatoms. The van der Waals surface area contributed by atoms with Crippen molar-refractivity contribution in [2.24, 2.45) is 0 Å². The van der Waals surface area contributed by atoms with Crippen molar-refractivity contribution < 1.29 is 4.39 Å². The first-order valence-corrected chi connectivity index (χ1v) is 10.9. The van der Waals surface area contributed by atoms with Crippen molar-refractivity contribution >= 4 is 22.2 Å². The summed E-state index contributed by atoms with van der Waals surface area (Å²) >= 11 is 1.49. The number of aromatic amines is 1. The van der Waals surface area contributed by atoms with E-state index in [1.54, 1.807) is 12.1 Å². The Labute approximate surface area is 173 Å². The van der Waals surface area contributed by atoms with Gasteiger partial charge in [-0.2, -0.15) is 0 Å². The zero-order valence-corrected chi connectivity index (χ0v) is 17.1. The van der Waals surface area contributed by atoms with E-state index in [1.165, 1.54) is 33.9 Å². The highest BCUT2D eigenvalue weighted by Crippen LogP contribution is 2.37. The Hall–Kier alpha value is -2.57. The van der Waals surface area contributed by atoms with Crippen molar-refractivity contribution in [1.82, 2.24) is 20.1 Å². The summed E-state index contributed by atoms with van der Waals surface area (Å²) in [4.78, 5) is 5.88. The van der Waals surface area contributed by atoms with Gasteiger partial charge in [0.25, 0.3) is 0 Å². The van der Waals surface area contributed by atoms with Gasteiger partial charge in [-0.05, 0) is 62.5 Å². The van der Waals surface area contributed by atoms with Gasteiger partial charge < -0.3 is 4.98 Å². The van der Waals surface area contributed by atoms with E-state index < -0.39 is 0 Å². The highest BCUT2D eigenvalue weighted by atomic mass is 32.1. The molecule has 1 aliphatic rings. The lowest BCUT2D eigenvalue weighted by Gasteiger charge is -2.35. The Morgan fingerprint density at radius 2 is 1.83 bits per heavy atom. The molecule has 0 spiro atoms. The van der Waals surface area contributed by atoms with Crippen molar-refractivity contribution in [3.05, 3.63) is 71.1 Å². The van der Waals surface area contributed by atoms with Gasteiger partial charge in [0.05, 0.1) is 6.04 Å². The molecule has 0 bridgehead atoms. The molecule has 148 valence electrons. The predicted octanol–water partition coefficient (Wildman–Crippen LogP) is 5.77. The van der Waals surface area contributed by atoms with Gasteiger partial charge in [-0.1, -0.05) is 41.7 Å². The Balaban J connectivity index is 1.28. The van der Waals surface area contributed by atoms with E-state index in [4.69, 9.17) is 0 Å². The van der Waals surface area contributed by atoms with Crippen LogP contribution in [0.15, 0.2) is 54.7 Å². The average Bonchev–Trinajstić information content (AvgIpc) is 3.41. The van der Waals surface area contributed by atoms with Crippen LogP contribution in [-0.4, -0.2) is 33.2 Å². The van der Waals surface area contributed by atoms with Gasteiger partial charge in [-0.3, -0.25) is 4.90 Å². The number of piperidine rings is 1.